The van der Waals surface area contributed by atoms with Crippen LogP contribution in [0.2, 0.25) is 0 Å². The highest BCUT2D eigenvalue weighted by molar-refractivity contribution is 9.09. The maximum atomic E-state index is 12.0. The van der Waals surface area contributed by atoms with Crippen molar-refractivity contribution in [2.75, 3.05) is 25.0 Å². The molecule has 112 valence electrons. The van der Waals surface area contributed by atoms with E-state index in [1.807, 2.05) is 4.90 Å². The molecule has 0 aromatic carbocycles. The van der Waals surface area contributed by atoms with Gasteiger partial charge in [0.25, 0.3) is 0 Å². The Bertz CT molecular complexity index is 240. The van der Waals surface area contributed by atoms with Crippen LogP contribution in [-0.4, -0.2) is 41.9 Å². The molecule has 1 amide bonds. The molecule has 1 fully saturated rings. The van der Waals surface area contributed by atoms with Gasteiger partial charge in [0.05, 0.1) is 12.7 Å². The van der Waals surface area contributed by atoms with Crippen molar-refractivity contribution in [3.05, 3.63) is 0 Å². The number of halogens is 1. The number of piperidine rings is 1. The van der Waals surface area contributed by atoms with E-state index in [1.54, 1.807) is 0 Å². The highest BCUT2D eigenvalue weighted by Crippen LogP contribution is 2.16. The molecular weight excluding hydrogens is 306 g/mol. The Kier molecular flexibility index (Phi) is 9.52. The molecule has 0 atom stereocenters. The summed E-state index contributed by atoms with van der Waals surface area (Å²) in [5, 5.41) is 0.893. The number of amides is 1. The summed E-state index contributed by atoms with van der Waals surface area (Å²) in [4.78, 5) is 14.1. The lowest BCUT2D eigenvalue weighted by molar-refractivity contribution is -0.133. The van der Waals surface area contributed by atoms with Gasteiger partial charge in [-0.1, -0.05) is 48.5 Å². The van der Waals surface area contributed by atoms with Gasteiger partial charge in [-0.3, -0.25) is 4.79 Å². The molecule has 1 saturated heterocycles. The molecule has 0 aromatic heterocycles. The zero-order chi connectivity index (χ0) is 13.9. The van der Waals surface area contributed by atoms with Gasteiger partial charge in [0.1, 0.15) is 0 Å². The van der Waals surface area contributed by atoms with Crippen LogP contribution in [0.15, 0.2) is 0 Å². The summed E-state index contributed by atoms with van der Waals surface area (Å²) in [5.74, 6) is 0.343. The second-order valence-corrected chi connectivity index (χ2v) is 6.10. The zero-order valence-corrected chi connectivity index (χ0v) is 13.8. The van der Waals surface area contributed by atoms with Gasteiger partial charge in [-0.15, -0.1) is 0 Å². The summed E-state index contributed by atoms with van der Waals surface area (Å²) in [6.07, 6.45) is 9.15. The molecule has 0 N–H and O–H groups in total. The largest absolute Gasteiger partial charge is 0.377 e. The Morgan fingerprint density at radius 3 is 2.53 bits per heavy atom. The van der Waals surface area contributed by atoms with Gasteiger partial charge in [-0.05, 0) is 19.3 Å². The second-order valence-electron chi connectivity index (χ2n) is 5.30. The monoisotopic (exact) mass is 333 g/mol. The summed E-state index contributed by atoms with van der Waals surface area (Å²) in [7, 11) is 0. The molecule has 0 saturated carbocycles. The number of likely N-dealkylation sites (tertiary alicyclic amines) is 1. The molecule has 0 bridgehead atoms. The van der Waals surface area contributed by atoms with Gasteiger partial charge < -0.3 is 9.64 Å². The maximum Gasteiger partial charge on any atom is 0.222 e. The smallest absolute Gasteiger partial charge is 0.222 e. The predicted molar refractivity (Wildman–Crippen MR) is 82.7 cm³/mol. The highest BCUT2D eigenvalue weighted by atomic mass is 79.9. The Morgan fingerprint density at radius 2 is 1.89 bits per heavy atom. The van der Waals surface area contributed by atoms with E-state index in [4.69, 9.17) is 4.74 Å². The lowest BCUT2D eigenvalue weighted by Gasteiger charge is -2.32. The van der Waals surface area contributed by atoms with Crippen molar-refractivity contribution in [3.8, 4) is 0 Å². The van der Waals surface area contributed by atoms with E-state index in [-0.39, 0.29) is 0 Å². The first-order chi connectivity index (χ1) is 9.27. The van der Waals surface area contributed by atoms with Gasteiger partial charge in [0.2, 0.25) is 5.91 Å². The third-order valence-electron chi connectivity index (χ3n) is 3.72. The number of rotatable bonds is 9. The van der Waals surface area contributed by atoms with Crippen LogP contribution in [0.5, 0.6) is 0 Å². The molecule has 3 nitrogen and oxygen atoms in total. The molecule has 0 spiro atoms. The number of hydrogen-bond acceptors (Lipinski definition) is 2. The van der Waals surface area contributed by atoms with Gasteiger partial charge in [0, 0.05) is 24.8 Å². The molecule has 19 heavy (non-hydrogen) atoms. The first-order valence-electron chi connectivity index (χ1n) is 7.73. The molecule has 1 aliphatic rings. The SMILES string of the molecule is CCCCCCCC(=O)N1CCC(OCCBr)CC1. The molecular formula is C15H28BrNO2. The standard InChI is InChI=1S/C15H28BrNO2/c1-2-3-4-5-6-7-15(18)17-11-8-14(9-12-17)19-13-10-16/h14H,2-13H2,1H3. The van der Waals surface area contributed by atoms with Crippen molar-refractivity contribution < 1.29 is 9.53 Å². The fourth-order valence-electron chi connectivity index (χ4n) is 2.52. The summed E-state index contributed by atoms with van der Waals surface area (Å²) < 4.78 is 5.70. The minimum atomic E-state index is 0.343. The summed E-state index contributed by atoms with van der Waals surface area (Å²) >= 11 is 3.37. The number of unbranched alkanes of at least 4 members (excludes halogenated alkanes) is 4. The zero-order valence-electron chi connectivity index (χ0n) is 12.2. The molecule has 0 aliphatic carbocycles. The molecule has 0 radical (unpaired) electrons. The van der Waals surface area contributed by atoms with Crippen LogP contribution < -0.4 is 0 Å². The quantitative estimate of drug-likeness (QED) is 0.475. The van der Waals surface area contributed by atoms with Crippen molar-refractivity contribution in [2.24, 2.45) is 0 Å². The Hall–Kier alpha value is -0.0900. The van der Waals surface area contributed by atoms with Gasteiger partial charge >= 0.3 is 0 Å². The third kappa shape index (κ3) is 7.31. The minimum absolute atomic E-state index is 0.343. The van der Waals surface area contributed by atoms with E-state index >= 15 is 0 Å². The number of carbonyl (C=O) groups is 1. The fourth-order valence-corrected chi connectivity index (χ4v) is 2.71. The number of nitrogens with zero attached hydrogens (tertiary/aromatic N) is 1. The van der Waals surface area contributed by atoms with Crippen molar-refractivity contribution in [2.45, 2.75) is 64.4 Å². The molecule has 4 heteroatoms. The number of alkyl halides is 1. The van der Waals surface area contributed by atoms with Crippen LogP contribution in [-0.2, 0) is 9.53 Å². The van der Waals surface area contributed by atoms with E-state index in [1.165, 1.54) is 25.7 Å². The highest BCUT2D eigenvalue weighted by Gasteiger charge is 2.22. The van der Waals surface area contributed by atoms with Crippen molar-refractivity contribution in [1.82, 2.24) is 4.90 Å². The average molecular weight is 334 g/mol. The van der Waals surface area contributed by atoms with Crippen LogP contribution in [0.4, 0.5) is 0 Å². The van der Waals surface area contributed by atoms with Crippen LogP contribution in [0.3, 0.4) is 0 Å². The summed E-state index contributed by atoms with van der Waals surface area (Å²) in [5.41, 5.74) is 0. The normalized spacial score (nSPS) is 16.8. The topological polar surface area (TPSA) is 29.5 Å². The Morgan fingerprint density at radius 1 is 1.21 bits per heavy atom. The van der Waals surface area contributed by atoms with E-state index in [0.29, 0.717) is 12.0 Å². The molecule has 1 aliphatic heterocycles. The van der Waals surface area contributed by atoms with Crippen molar-refractivity contribution in [1.29, 1.82) is 0 Å². The maximum absolute atomic E-state index is 12.0. The van der Waals surface area contributed by atoms with E-state index < -0.39 is 0 Å². The Labute approximate surface area is 126 Å². The molecule has 1 rings (SSSR count). The number of carbonyl (C=O) groups excluding carboxylic acids is 1. The van der Waals surface area contributed by atoms with Crippen LogP contribution in [0.1, 0.15) is 58.3 Å². The summed E-state index contributed by atoms with van der Waals surface area (Å²) in [6.45, 7) is 4.74. The van der Waals surface area contributed by atoms with Gasteiger partial charge in [-0.25, -0.2) is 0 Å². The van der Waals surface area contributed by atoms with Gasteiger partial charge in [0.15, 0.2) is 0 Å². The van der Waals surface area contributed by atoms with Crippen LogP contribution in [0.25, 0.3) is 0 Å². The van der Waals surface area contributed by atoms with Crippen molar-refractivity contribution >= 4 is 21.8 Å². The number of hydrogen-bond donors (Lipinski definition) is 0. The Balaban J connectivity index is 2.07. The van der Waals surface area contributed by atoms with Crippen LogP contribution >= 0.6 is 15.9 Å². The summed E-state index contributed by atoms with van der Waals surface area (Å²) in [6, 6.07) is 0. The van der Waals surface area contributed by atoms with Crippen LogP contribution in [0, 0.1) is 0 Å². The average Bonchev–Trinajstić information content (AvgIpc) is 2.45. The third-order valence-corrected chi connectivity index (χ3v) is 4.04. The fraction of sp³-hybridized carbons (Fsp3) is 0.933. The molecule has 0 unspecified atom stereocenters. The minimum Gasteiger partial charge on any atom is -0.377 e. The van der Waals surface area contributed by atoms with Gasteiger partial charge in [-0.2, -0.15) is 0 Å². The lowest BCUT2D eigenvalue weighted by Crippen LogP contribution is -2.40. The predicted octanol–water partition coefficient (Wildman–Crippen LogP) is 3.75. The molecule has 1 heterocycles. The first-order valence-corrected chi connectivity index (χ1v) is 8.85. The van der Waals surface area contributed by atoms with E-state index in [9.17, 15) is 4.79 Å². The number of ether oxygens (including phenoxy) is 1. The first kappa shape index (κ1) is 17.0. The van der Waals surface area contributed by atoms with E-state index in [2.05, 4.69) is 22.9 Å². The second kappa shape index (κ2) is 10.7. The van der Waals surface area contributed by atoms with Crippen molar-refractivity contribution in [3.63, 3.8) is 0 Å². The molecule has 0 aromatic rings. The van der Waals surface area contributed by atoms with E-state index in [0.717, 1.165) is 50.7 Å². The lowest BCUT2D eigenvalue weighted by atomic mass is 10.1.